The van der Waals surface area contributed by atoms with E-state index < -0.39 is 30.2 Å². The summed E-state index contributed by atoms with van der Waals surface area (Å²) in [7, 11) is 1.52. The van der Waals surface area contributed by atoms with Crippen LogP contribution in [0.2, 0.25) is 5.02 Å². The zero-order chi connectivity index (χ0) is 27.9. The summed E-state index contributed by atoms with van der Waals surface area (Å²) < 4.78 is 60.3. The maximum Gasteiger partial charge on any atom is 0.452 e. The molecular formula is C25H21ClF3N5O5. The number of nitrogens with zero attached hydrogens (tertiary/aromatic N) is 5. The number of alkyl halides is 3. The van der Waals surface area contributed by atoms with E-state index in [9.17, 15) is 18.0 Å². The second-order valence-corrected chi connectivity index (χ2v) is 9.24. The summed E-state index contributed by atoms with van der Waals surface area (Å²) in [5.74, 6) is -1.64. The Balaban J connectivity index is 1.67. The molecule has 0 bridgehead atoms. The number of halogens is 4. The predicted molar refractivity (Wildman–Crippen MR) is 129 cm³/mol. The Morgan fingerprint density at radius 3 is 2.72 bits per heavy atom. The summed E-state index contributed by atoms with van der Waals surface area (Å²) in [5, 5.41) is 20.4. The van der Waals surface area contributed by atoms with Crippen LogP contribution in [-0.4, -0.2) is 43.1 Å². The maximum atomic E-state index is 14.1. The summed E-state index contributed by atoms with van der Waals surface area (Å²) >= 11 is 6.32. The molecule has 2 aromatic carbocycles. The quantitative estimate of drug-likeness (QED) is 0.328. The highest BCUT2D eigenvalue weighted by atomic mass is 35.5. The molecule has 204 valence electrons. The van der Waals surface area contributed by atoms with E-state index in [1.807, 2.05) is 6.92 Å². The first-order valence-electron chi connectivity index (χ1n) is 11.7. The number of hydrogen-bond donors (Lipinski definition) is 1. The number of carboxylic acids is 1. The van der Waals surface area contributed by atoms with Crippen LogP contribution >= 0.6 is 11.6 Å². The monoisotopic (exact) mass is 563 g/mol. The van der Waals surface area contributed by atoms with Gasteiger partial charge in [0.25, 0.3) is 0 Å². The van der Waals surface area contributed by atoms with E-state index in [0.29, 0.717) is 21.9 Å². The number of aliphatic carboxylic acids is 1. The summed E-state index contributed by atoms with van der Waals surface area (Å²) in [6, 6.07) is 9.80. The molecule has 2 aromatic heterocycles. The third kappa shape index (κ3) is 5.19. The minimum atomic E-state index is -4.82. The Kier molecular flexibility index (Phi) is 7.03. The van der Waals surface area contributed by atoms with Crippen molar-refractivity contribution in [3.63, 3.8) is 0 Å². The van der Waals surface area contributed by atoms with Gasteiger partial charge in [0, 0.05) is 23.4 Å². The molecule has 0 fully saturated rings. The van der Waals surface area contributed by atoms with Gasteiger partial charge in [-0.3, -0.25) is 9.36 Å². The van der Waals surface area contributed by atoms with Crippen LogP contribution in [0.3, 0.4) is 0 Å². The Labute approximate surface area is 224 Å². The van der Waals surface area contributed by atoms with Gasteiger partial charge in [-0.05, 0) is 42.3 Å². The Bertz CT molecular complexity index is 1540. The Hall–Kier alpha value is -3.97. The van der Waals surface area contributed by atoms with Gasteiger partial charge in [0.2, 0.25) is 11.7 Å². The molecule has 0 saturated carbocycles. The first-order valence-corrected chi connectivity index (χ1v) is 12.1. The van der Waals surface area contributed by atoms with Crippen molar-refractivity contribution in [1.82, 2.24) is 24.9 Å². The van der Waals surface area contributed by atoms with Crippen LogP contribution in [0.4, 0.5) is 13.2 Å². The van der Waals surface area contributed by atoms with E-state index in [-0.39, 0.29) is 42.5 Å². The summed E-state index contributed by atoms with van der Waals surface area (Å²) in [6.45, 7) is 1.82. The number of carboxylic acid groups (broad SMARTS) is 1. The number of ether oxygens (including phenoxy) is 2. The molecule has 4 aromatic rings. The van der Waals surface area contributed by atoms with E-state index in [0.717, 1.165) is 10.1 Å². The van der Waals surface area contributed by atoms with Gasteiger partial charge in [0.1, 0.15) is 18.0 Å². The molecule has 14 heteroatoms. The third-order valence-electron chi connectivity index (χ3n) is 6.30. The van der Waals surface area contributed by atoms with Gasteiger partial charge in [0.05, 0.1) is 19.2 Å². The zero-order valence-electron chi connectivity index (χ0n) is 20.6. The van der Waals surface area contributed by atoms with Crippen LogP contribution in [0.25, 0.3) is 5.69 Å². The van der Waals surface area contributed by atoms with Crippen LogP contribution in [-0.2, 0) is 28.5 Å². The summed E-state index contributed by atoms with van der Waals surface area (Å²) in [4.78, 5) is 15.1. The number of fused-ring (bicyclic) bond motifs is 3. The fourth-order valence-electron chi connectivity index (χ4n) is 4.53. The zero-order valence-corrected chi connectivity index (χ0v) is 21.3. The van der Waals surface area contributed by atoms with Crippen molar-refractivity contribution in [1.29, 1.82) is 0 Å². The normalized spacial score (nSPS) is 16.9. The molecule has 0 amide bonds. The molecule has 1 N–H and O–H groups in total. The van der Waals surface area contributed by atoms with Crippen LogP contribution < -0.4 is 4.74 Å². The van der Waals surface area contributed by atoms with E-state index >= 15 is 0 Å². The van der Waals surface area contributed by atoms with Gasteiger partial charge in [0.15, 0.2) is 11.6 Å². The molecule has 39 heavy (non-hydrogen) atoms. The molecule has 1 aliphatic heterocycles. The minimum Gasteiger partial charge on any atom is -0.496 e. The predicted octanol–water partition coefficient (Wildman–Crippen LogP) is 5.06. The standard InChI is InChI=1S/C25H21ClF3N5O5/c1-12-14(4-3-5-17(12)37-2)22-15-10-13(26)6-7-16(15)34-23(31-32-24(34)25(27,28)29)18(38-22)11-19-30-20(39-33-19)8-9-21(35)36/h3-7,10,18,22H,8-9,11H2,1-2H3,(H,35,36)/t18-,22-/m1/s1. The molecule has 1 aliphatic rings. The van der Waals surface area contributed by atoms with Crippen LogP contribution in [0.1, 0.15) is 58.7 Å². The number of benzene rings is 2. The lowest BCUT2D eigenvalue weighted by Crippen LogP contribution is -2.17. The van der Waals surface area contributed by atoms with Gasteiger partial charge >= 0.3 is 12.1 Å². The molecule has 5 rings (SSSR count). The molecule has 0 aliphatic carbocycles. The van der Waals surface area contributed by atoms with E-state index in [1.54, 1.807) is 24.3 Å². The second kappa shape index (κ2) is 10.3. The lowest BCUT2D eigenvalue weighted by Gasteiger charge is -2.24. The maximum absolute atomic E-state index is 14.1. The number of rotatable bonds is 7. The molecule has 10 nitrogen and oxygen atoms in total. The van der Waals surface area contributed by atoms with Gasteiger partial charge in [-0.2, -0.15) is 18.2 Å². The van der Waals surface area contributed by atoms with Crippen molar-refractivity contribution < 1.29 is 37.1 Å². The number of aryl methyl sites for hydroxylation is 1. The topological polar surface area (TPSA) is 125 Å². The van der Waals surface area contributed by atoms with Gasteiger partial charge in [-0.1, -0.05) is 28.9 Å². The number of methoxy groups -OCH3 is 1. The second-order valence-electron chi connectivity index (χ2n) is 8.80. The molecule has 0 unspecified atom stereocenters. The first-order chi connectivity index (χ1) is 18.6. The SMILES string of the molecule is COc1cccc([C@H]2O[C@H](Cc3noc(CCC(=O)O)n3)c3nnc(C(F)(F)F)n3-c3ccc(Cl)cc32)c1C. The molecule has 0 spiro atoms. The molecule has 2 atom stereocenters. The third-order valence-corrected chi connectivity index (χ3v) is 6.54. The van der Waals surface area contributed by atoms with E-state index in [1.165, 1.54) is 19.2 Å². The summed E-state index contributed by atoms with van der Waals surface area (Å²) in [6.07, 6.45) is -7.18. The van der Waals surface area contributed by atoms with Gasteiger partial charge in [-0.25, -0.2) is 0 Å². The summed E-state index contributed by atoms with van der Waals surface area (Å²) in [5.41, 5.74) is 1.88. The first kappa shape index (κ1) is 26.6. The molecule has 0 saturated heterocycles. The molecular weight excluding hydrogens is 543 g/mol. The van der Waals surface area contributed by atoms with Crippen LogP contribution in [0, 0.1) is 6.92 Å². The van der Waals surface area contributed by atoms with Crippen molar-refractivity contribution in [3.8, 4) is 11.4 Å². The Morgan fingerprint density at radius 1 is 1.21 bits per heavy atom. The van der Waals surface area contributed by atoms with Crippen molar-refractivity contribution in [2.75, 3.05) is 7.11 Å². The van der Waals surface area contributed by atoms with Crippen LogP contribution in [0.5, 0.6) is 5.75 Å². The van der Waals surface area contributed by atoms with Crippen molar-refractivity contribution in [3.05, 3.63) is 81.5 Å². The highest BCUT2D eigenvalue weighted by Gasteiger charge is 2.43. The van der Waals surface area contributed by atoms with E-state index in [4.69, 9.17) is 30.7 Å². The average Bonchev–Trinajstić information content (AvgIpc) is 3.50. The van der Waals surface area contributed by atoms with Crippen molar-refractivity contribution >= 4 is 17.6 Å². The molecule has 0 radical (unpaired) electrons. The van der Waals surface area contributed by atoms with Crippen molar-refractivity contribution in [2.45, 2.75) is 44.6 Å². The van der Waals surface area contributed by atoms with Crippen molar-refractivity contribution in [2.24, 2.45) is 0 Å². The Morgan fingerprint density at radius 2 is 2.00 bits per heavy atom. The number of hydrogen-bond acceptors (Lipinski definition) is 8. The highest BCUT2D eigenvalue weighted by molar-refractivity contribution is 6.30. The van der Waals surface area contributed by atoms with Gasteiger partial charge in [-0.15, -0.1) is 10.2 Å². The van der Waals surface area contributed by atoms with E-state index in [2.05, 4.69) is 20.3 Å². The lowest BCUT2D eigenvalue weighted by molar-refractivity contribution is -0.146. The fourth-order valence-corrected chi connectivity index (χ4v) is 4.72. The molecule has 3 heterocycles. The fraction of sp³-hybridized carbons (Fsp3) is 0.320. The van der Waals surface area contributed by atoms with Crippen LogP contribution in [0.15, 0.2) is 40.9 Å². The highest BCUT2D eigenvalue weighted by Crippen LogP contribution is 2.45. The van der Waals surface area contributed by atoms with Gasteiger partial charge < -0.3 is 19.1 Å². The lowest BCUT2D eigenvalue weighted by atomic mass is 9.95. The largest absolute Gasteiger partial charge is 0.496 e. The number of aromatic nitrogens is 5. The minimum absolute atomic E-state index is 0.00215. The number of carbonyl (C=O) groups is 1. The smallest absolute Gasteiger partial charge is 0.452 e. The average molecular weight is 564 g/mol.